The maximum atomic E-state index is 14.3. The summed E-state index contributed by atoms with van der Waals surface area (Å²) < 4.78 is 14.3. The highest BCUT2D eigenvalue weighted by molar-refractivity contribution is 5.94. The van der Waals surface area contributed by atoms with Gasteiger partial charge in [-0.2, -0.15) is 0 Å². The van der Waals surface area contributed by atoms with Crippen molar-refractivity contribution in [1.82, 2.24) is 9.80 Å². The zero-order chi connectivity index (χ0) is 19.6. The van der Waals surface area contributed by atoms with Gasteiger partial charge in [0.05, 0.1) is 12.2 Å². The van der Waals surface area contributed by atoms with Gasteiger partial charge in [-0.15, -0.1) is 0 Å². The number of carboxylic acid groups (broad SMARTS) is 1. The summed E-state index contributed by atoms with van der Waals surface area (Å²) in [6.07, 6.45) is 1.36. The molecular weight excluding hydrogens is 353 g/mol. The first-order valence-corrected chi connectivity index (χ1v) is 9.17. The molecule has 0 aromatic heterocycles. The molecule has 146 valence electrons. The molecule has 7 nitrogen and oxygen atoms in total. The van der Waals surface area contributed by atoms with Crippen LogP contribution in [0.15, 0.2) is 18.2 Å². The van der Waals surface area contributed by atoms with Crippen molar-refractivity contribution in [1.29, 1.82) is 0 Å². The number of nitrogens with zero attached hydrogens (tertiary/aromatic N) is 3. The molecule has 0 bridgehead atoms. The van der Waals surface area contributed by atoms with Gasteiger partial charge in [-0.05, 0) is 44.5 Å². The first kappa shape index (κ1) is 19.3. The zero-order valence-electron chi connectivity index (χ0n) is 15.4. The molecule has 2 aliphatic heterocycles. The lowest BCUT2D eigenvalue weighted by Crippen LogP contribution is -2.52. The van der Waals surface area contributed by atoms with E-state index in [4.69, 9.17) is 0 Å². The summed E-state index contributed by atoms with van der Waals surface area (Å²) in [7, 11) is 0. The highest BCUT2D eigenvalue weighted by Crippen LogP contribution is 2.23. The van der Waals surface area contributed by atoms with Crippen molar-refractivity contribution in [2.45, 2.75) is 25.8 Å². The lowest BCUT2D eigenvalue weighted by atomic mass is 10.1. The van der Waals surface area contributed by atoms with Crippen LogP contribution >= 0.6 is 0 Å². The fourth-order valence-electron chi connectivity index (χ4n) is 3.75. The SMILES string of the molecule is CC(=O)c1ccc(N2CCN(C(=O)CN3CCC[C@@H]3C(=O)O)CC2)c(F)c1. The van der Waals surface area contributed by atoms with Gasteiger partial charge >= 0.3 is 5.97 Å². The Balaban J connectivity index is 1.56. The Morgan fingerprint density at radius 2 is 1.85 bits per heavy atom. The predicted molar refractivity (Wildman–Crippen MR) is 97.4 cm³/mol. The molecule has 2 aliphatic rings. The standard InChI is InChI=1S/C19H24FN3O4/c1-13(24)14-4-5-16(15(20)11-14)21-7-9-22(10-8-21)18(25)12-23-6-2-3-17(23)19(26)27/h4-5,11,17H,2-3,6-10,12H2,1H3,(H,26,27)/t17-/m1/s1. The van der Waals surface area contributed by atoms with Gasteiger partial charge in [0.25, 0.3) is 0 Å². The first-order valence-electron chi connectivity index (χ1n) is 9.17. The number of rotatable bonds is 5. The number of hydrogen-bond donors (Lipinski definition) is 1. The van der Waals surface area contributed by atoms with Crippen LogP contribution in [0.1, 0.15) is 30.1 Å². The van der Waals surface area contributed by atoms with E-state index in [-0.39, 0.29) is 18.2 Å². The summed E-state index contributed by atoms with van der Waals surface area (Å²) in [5.74, 6) is -1.59. The molecule has 0 unspecified atom stereocenters. The molecule has 2 heterocycles. The summed E-state index contributed by atoms with van der Waals surface area (Å²) in [5.41, 5.74) is 0.765. The topological polar surface area (TPSA) is 81.2 Å². The fraction of sp³-hybridized carbons (Fsp3) is 0.526. The second kappa shape index (κ2) is 8.04. The van der Waals surface area contributed by atoms with Crippen molar-refractivity contribution in [3.8, 4) is 0 Å². The smallest absolute Gasteiger partial charge is 0.320 e. The van der Waals surface area contributed by atoms with Crippen LogP contribution in [0.4, 0.5) is 10.1 Å². The van der Waals surface area contributed by atoms with E-state index >= 15 is 0 Å². The number of carboxylic acids is 1. The van der Waals surface area contributed by atoms with E-state index in [0.717, 1.165) is 6.42 Å². The van der Waals surface area contributed by atoms with Gasteiger partial charge in [0, 0.05) is 31.7 Å². The molecule has 0 saturated carbocycles. The summed E-state index contributed by atoms with van der Waals surface area (Å²) in [6, 6.07) is 3.88. The van der Waals surface area contributed by atoms with Crippen molar-refractivity contribution >= 4 is 23.3 Å². The minimum atomic E-state index is -0.880. The number of benzene rings is 1. The number of aliphatic carboxylic acids is 1. The van der Waals surface area contributed by atoms with E-state index in [0.29, 0.717) is 50.4 Å². The van der Waals surface area contributed by atoms with E-state index in [9.17, 15) is 23.9 Å². The molecule has 0 aliphatic carbocycles. The van der Waals surface area contributed by atoms with Gasteiger partial charge in [0.15, 0.2) is 5.78 Å². The summed E-state index contributed by atoms with van der Waals surface area (Å²) >= 11 is 0. The Labute approximate surface area is 157 Å². The molecule has 8 heteroatoms. The van der Waals surface area contributed by atoms with Gasteiger partial charge in [0.1, 0.15) is 11.9 Å². The third-order valence-electron chi connectivity index (χ3n) is 5.31. The number of amides is 1. The average Bonchev–Trinajstić information content (AvgIpc) is 3.10. The van der Waals surface area contributed by atoms with Crippen LogP contribution in [-0.4, -0.2) is 77.9 Å². The minimum Gasteiger partial charge on any atom is -0.480 e. The summed E-state index contributed by atoms with van der Waals surface area (Å²) in [5, 5.41) is 9.22. The Morgan fingerprint density at radius 3 is 2.44 bits per heavy atom. The van der Waals surface area contributed by atoms with Crippen LogP contribution in [0, 0.1) is 5.82 Å². The molecule has 0 radical (unpaired) electrons. The lowest BCUT2D eigenvalue weighted by Gasteiger charge is -2.37. The molecule has 27 heavy (non-hydrogen) atoms. The fourth-order valence-corrected chi connectivity index (χ4v) is 3.75. The molecule has 2 fully saturated rings. The van der Waals surface area contributed by atoms with E-state index in [1.807, 2.05) is 4.90 Å². The molecule has 1 aromatic rings. The van der Waals surface area contributed by atoms with Gasteiger partial charge in [-0.3, -0.25) is 19.3 Å². The van der Waals surface area contributed by atoms with Gasteiger partial charge in [0.2, 0.25) is 5.91 Å². The van der Waals surface area contributed by atoms with Crippen LogP contribution in [0.2, 0.25) is 0 Å². The number of ketones is 1. The largest absolute Gasteiger partial charge is 0.480 e. The van der Waals surface area contributed by atoms with Crippen molar-refractivity contribution in [2.24, 2.45) is 0 Å². The molecule has 1 aromatic carbocycles. The molecule has 1 atom stereocenters. The third-order valence-corrected chi connectivity index (χ3v) is 5.31. The van der Waals surface area contributed by atoms with E-state index in [1.54, 1.807) is 21.9 Å². The predicted octanol–water partition coefficient (Wildman–Crippen LogP) is 1.23. The Kier molecular flexibility index (Phi) is 5.74. The van der Waals surface area contributed by atoms with Crippen LogP contribution in [0.25, 0.3) is 0 Å². The quantitative estimate of drug-likeness (QED) is 0.778. The van der Waals surface area contributed by atoms with Gasteiger partial charge in [-0.25, -0.2) is 4.39 Å². The van der Waals surface area contributed by atoms with Gasteiger partial charge < -0.3 is 14.9 Å². The zero-order valence-corrected chi connectivity index (χ0v) is 15.4. The van der Waals surface area contributed by atoms with Gasteiger partial charge in [-0.1, -0.05) is 0 Å². The average molecular weight is 377 g/mol. The van der Waals surface area contributed by atoms with Crippen LogP contribution in [0.3, 0.4) is 0 Å². The van der Waals surface area contributed by atoms with Crippen LogP contribution in [-0.2, 0) is 9.59 Å². The lowest BCUT2D eigenvalue weighted by molar-refractivity contribution is -0.143. The van der Waals surface area contributed by atoms with E-state index < -0.39 is 17.8 Å². The second-order valence-corrected chi connectivity index (χ2v) is 7.06. The molecule has 1 amide bonds. The molecule has 1 N–H and O–H groups in total. The maximum absolute atomic E-state index is 14.3. The minimum absolute atomic E-state index is 0.0878. The molecule has 3 rings (SSSR count). The van der Waals surface area contributed by atoms with Crippen molar-refractivity contribution < 1.29 is 23.9 Å². The molecule has 0 spiro atoms. The van der Waals surface area contributed by atoms with Crippen molar-refractivity contribution in [3.05, 3.63) is 29.6 Å². The number of anilines is 1. The number of carbonyl (C=O) groups excluding carboxylic acids is 2. The van der Waals surface area contributed by atoms with E-state index in [2.05, 4.69) is 0 Å². The number of piperazine rings is 1. The second-order valence-electron chi connectivity index (χ2n) is 7.06. The maximum Gasteiger partial charge on any atom is 0.320 e. The number of hydrogen-bond acceptors (Lipinski definition) is 5. The third kappa shape index (κ3) is 4.27. The Bertz CT molecular complexity index is 746. The summed E-state index contributed by atoms with van der Waals surface area (Å²) in [6.45, 7) is 4.02. The Morgan fingerprint density at radius 1 is 1.15 bits per heavy atom. The van der Waals surface area contributed by atoms with Crippen LogP contribution < -0.4 is 4.90 Å². The molecular formula is C19H24FN3O4. The number of Topliss-reactive ketones (excluding diaryl/α,β-unsaturated/α-hetero) is 1. The highest BCUT2D eigenvalue weighted by atomic mass is 19.1. The summed E-state index contributed by atoms with van der Waals surface area (Å²) in [4.78, 5) is 40.4. The monoisotopic (exact) mass is 377 g/mol. The molecule has 2 saturated heterocycles. The van der Waals surface area contributed by atoms with Crippen LogP contribution in [0.5, 0.6) is 0 Å². The highest BCUT2D eigenvalue weighted by Gasteiger charge is 2.33. The van der Waals surface area contributed by atoms with Crippen molar-refractivity contribution in [3.63, 3.8) is 0 Å². The Hall–Kier alpha value is -2.48. The normalized spacial score (nSPS) is 20.7. The number of likely N-dealkylation sites (tertiary alicyclic amines) is 1. The number of carbonyl (C=O) groups is 3. The number of halogens is 1. The first-order chi connectivity index (χ1) is 12.9. The van der Waals surface area contributed by atoms with Crippen molar-refractivity contribution in [2.75, 3.05) is 44.2 Å². The van der Waals surface area contributed by atoms with E-state index in [1.165, 1.54) is 13.0 Å².